The van der Waals surface area contributed by atoms with E-state index in [1.807, 2.05) is 6.92 Å². The van der Waals surface area contributed by atoms with Crippen LogP contribution in [0.2, 0.25) is 5.02 Å². The molecule has 1 aliphatic rings. The second-order valence-electron chi connectivity index (χ2n) is 3.66. The van der Waals surface area contributed by atoms with E-state index >= 15 is 0 Å². The zero-order valence-corrected chi connectivity index (χ0v) is 8.87. The molecule has 1 fully saturated rings. The normalized spacial score (nSPS) is 15.6. The van der Waals surface area contributed by atoms with E-state index in [1.165, 1.54) is 18.9 Å². The maximum Gasteiger partial charge on any atom is 0.142 e. The van der Waals surface area contributed by atoms with Crippen LogP contribution in [-0.2, 0) is 6.42 Å². The van der Waals surface area contributed by atoms with Gasteiger partial charge in [-0.15, -0.1) is 0 Å². The Morgan fingerprint density at radius 2 is 2.21 bits per heavy atom. The van der Waals surface area contributed by atoms with Crippen LogP contribution in [-0.4, -0.2) is 6.04 Å². The van der Waals surface area contributed by atoms with Crippen LogP contribution in [0, 0.1) is 5.82 Å². The predicted octanol–water partition coefficient (Wildman–Crippen LogP) is 3.62. The van der Waals surface area contributed by atoms with Gasteiger partial charge in [-0.1, -0.05) is 18.5 Å². The van der Waals surface area contributed by atoms with Gasteiger partial charge in [-0.2, -0.15) is 0 Å². The third-order valence-corrected chi connectivity index (χ3v) is 2.90. The summed E-state index contributed by atoms with van der Waals surface area (Å²) in [5, 5.41) is 3.61. The Hall–Kier alpha value is -0.760. The summed E-state index contributed by atoms with van der Waals surface area (Å²) >= 11 is 5.89. The molecular weight excluding hydrogens is 201 g/mol. The molecule has 0 aliphatic heterocycles. The fourth-order valence-corrected chi connectivity index (χ4v) is 1.82. The number of rotatable bonds is 3. The van der Waals surface area contributed by atoms with Gasteiger partial charge in [0, 0.05) is 11.7 Å². The van der Waals surface area contributed by atoms with Crippen molar-refractivity contribution in [1.29, 1.82) is 0 Å². The minimum absolute atomic E-state index is 0.262. The van der Waals surface area contributed by atoms with E-state index in [9.17, 15) is 4.39 Å². The summed E-state index contributed by atoms with van der Waals surface area (Å²) in [5.41, 5.74) is 1.87. The molecule has 0 saturated heterocycles. The van der Waals surface area contributed by atoms with Gasteiger partial charge in [-0.25, -0.2) is 4.39 Å². The lowest BCUT2D eigenvalue weighted by Gasteiger charge is -2.12. The average molecular weight is 214 g/mol. The first-order valence-electron chi connectivity index (χ1n) is 4.95. The van der Waals surface area contributed by atoms with Gasteiger partial charge >= 0.3 is 0 Å². The van der Waals surface area contributed by atoms with Crippen LogP contribution in [0.25, 0.3) is 0 Å². The SMILES string of the molecule is CCc1c(NC2CC2)ccc(F)c1Cl. The maximum atomic E-state index is 13.1. The van der Waals surface area contributed by atoms with Gasteiger partial charge in [0.2, 0.25) is 0 Å². The molecule has 0 radical (unpaired) electrons. The maximum absolute atomic E-state index is 13.1. The van der Waals surface area contributed by atoms with E-state index in [2.05, 4.69) is 5.32 Å². The van der Waals surface area contributed by atoms with E-state index in [4.69, 9.17) is 11.6 Å². The van der Waals surface area contributed by atoms with E-state index in [0.717, 1.165) is 17.7 Å². The van der Waals surface area contributed by atoms with Crippen LogP contribution in [0.5, 0.6) is 0 Å². The highest BCUT2D eigenvalue weighted by Crippen LogP contribution is 2.31. The zero-order chi connectivity index (χ0) is 10.1. The van der Waals surface area contributed by atoms with Crippen molar-refractivity contribution in [2.75, 3.05) is 5.32 Å². The molecule has 3 heteroatoms. The standard InChI is InChI=1S/C11H13ClFN/c1-2-8-10(14-7-3-4-7)6-5-9(13)11(8)12/h5-7,14H,2-4H2,1H3. The lowest BCUT2D eigenvalue weighted by molar-refractivity contribution is 0.626. The smallest absolute Gasteiger partial charge is 0.142 e. The highest BCUT2D eigenvalue weighted by Gasteiger charge is 2.22. The van der Waals surface area contributed by atoms with Crippen molar-refractivity contribution < 1.29 is 4.39 Å². The number of nitrogens with one attached hydrogen (secondary N) is 1. The molecule has 1 nitrogen and oxygen atoms in total. The monoisotopic (exact) mass is 213 g/mol. The number of halogens is 2. The number of hydrogen-bond donors (Lipinski definition) is 1. The van der Waals surface area contributed by atoms with Gasteiger partial charge in [0.15, 0.2) is 0 Å². The Kier molecular flexibility index (Phi) is 2.64. The average Bonchev–Trinajstić information content (AvgIpc) is 2.96. The van der Waals surface area contributed by atoms with Gasteiger partial charge in [-0.3, -0.25) is 0 Å². The Balaban J connectivity index is 2.32. The van der Waals surface area contributed by atoms with Crippen molar-refractivity contribution in [1.82, 2.24) is 0 Å². The largest absolute Gasteiger partial charge is 0.382 e. The van der Waals surface area contributed by atoms with Crippen molar-refractivity contribution in [3.8, 4) is 0 Å². The second-order valence-corrected chi connectivity index (χ2v) is 4.04. The number of benzene rings is 1. The topological polar surface area (TPSA) is 12.0 Å². The molecule has 76 valence electrons. The second kappa shape index (κ2) is 3.77. The van der Waals surface area contributed by atoms with Crippen LogP contribution < -0.4 is 5.32 Å². The lowest BCUT2D eigenvalue weighted by Crippen LogP contribution is -2.04. The summed E-state index contributed by atoms with van der Waals surface area (Å²) in [4.78, 5) is 0. The van der Waals surface area contributed by atoms with Crippen LogP contribution in [0.4, 0.5) is 10.1 Å². The molecule has 1 N–H and O–H groups in total. The molecule has 0 amide bonds. The molecule has 14 heavy (non-hydrogen) atoms. The molecule has 0 aromatic heterocycles. The summed E-state index contributed by atoms with van der Waals surface area (Å²) in [7, 11) is 0. The number of hydrogen-bond acceptors (Lipinski definition) is 1. The first kappa shape index (κ1) is 9.78. The zero-order valence-electron chi connectivity index (χ0n) is 8.11. The quantitative estimate of drug-likeness (QED) is 0.809. The van der Waals surface area contributed by atoms with E-state index in [1.54, 1.807) is 6.07 Å². The van der Waals surface area contributed by atoms with Gasteiger partial charge in [0.1, 0.15) is 5.82 Å². The van der Waals surface area contributed by atoms with Crippen LogP contribution in [0.15, 0.2) is 12.1 Å². The first-order chi connectivity index (χ1) is 6.72. The lowest BCUT2D eigenvalue weighted by atomic mass is 10.1. The Bertz CT molecular complexity index is 347. The van der Waals surface area contributed by atoms with Crippen LogP contribution in [0.3, 0.4) is 0 Å². The predicted molar refractivity (Wildman–Crippen MR) is 57.4 cm³/mol. The van der Waals surface area contributed by atoms with Crippen LogP contribution in [0.1, 0.15) is 25.3 Å². The summed E-state index contributed by atoms with van der Waals surface area (Å²) in [6.07, 6.45) is 3.17. The molecule has 1 aliphatic carbocycles. The summed E-state index contributed by atoms with van der Waals surface area (Å²) < 4.78 is 13.1. The van der Waals surface area contributed by atoms with Crippen molar-refractivity contribution in [2.24, 2.45) is 0 Å². The third-order valence-electron chi connectivity index (χ3n) is 2.49. The van der Waals surface area contributed by atoms with E-state index in [-0.39, 0.29) is 10.8 Å². The summed E-state index contributed by atoms with van der Waals surface area (Å²) in [5.74, 6) is -0.329. The van der Waals surface area contributed by atoms with E-state index in [0.29, 0.717) is 6.04 Å². The molecule has 0 atom stereocenters. The van der Waals surface area contributed by atoms with Crippen molar-refractivity contribution in [2.45, 2.75) is 32.2 Å². The molecular formula is C11H13ClFN. The van der Waals surface area contributed by atoms with Gasteiger partial charge in [0.05, 0.1) is 5.02 Å². The summed E-state index contributed by atoms with van der Waals surface area (Å²) in [6, 6.07) is 3.77. The molecule has 0 spiro atoms. The Morgan fingerprint density at radius 1 is 1.50 bits per heavy atom. The molecule has 0 heterocycles. The Labute approximate surface area is 88.3 Å². The van der Waals surface area contributed by atoms with Gasteiger partial charge < -0.3 is 5.32 Å². The molecule has 1 aromatic carbocycles. The highest BCUT2D eigenvalue weighted by atomic mass is 35.5. The molecule has 0 unspecified atom stereocenters. The van der Waals surface area contributed by atoms with E-state index < -0.39 is 0 Å². The van der Waals surface area contributed by atoms with Gasteiger partial charge in [-0.05, 0) is 37.0 Å². The minimum Gasteiger partial charge on any atom is -0.382 e. The van der Waals surface area contributed by atoms with Crippen LogP contribution >= 0.6 is 11.6 Å². The first-order valence-corrected chi connectivity index (χ1v) is 5.33. The molecule has 2 rings (SSSR count). The van der Waals surface area contributed by atoms with Gasteiger partial charge in [0.25, 0.3) is 0 Å². The minimum atomic E-state index is -0.329. The van der Waals surface area contributed by atoms with Crippen molar-refractivity contribution in [3.63, 3.8) is 0 Å². The van der Waals surface area contributed by atoms with Crippen molar-refractivity contribution >= 4 is 17.3 Å². The fourth-order valence-electron chi connectivity index (χ4n) is 1.52. The molecule has 0 bridgehead atoms. The van der Waals surface area contributed by atoms with Crippen molar-refractivity contribution in [3.05, 3.63) is 28.5 Å². The fraction of sp³-hybridized carbons (Fsp3) is 0.455. The molecule has 1 aromatic rings. The molecule has 1 saturated carbocycles. The number of anilines is 1. The third kappa shape index (κ3) is 1.85. The highest BCUT2D eigenvalue weighted by molar-refractivity contribution is 6.31. The summed E-state index contributed by atoms with van der Waals surface area (Å²) in [6.45, 7) is 1.98. The Morgan fingerprint density at radius 3 is 2.79 bits per heavy atom.